The maximum Gasteiger partial charge on any atom is 1.00 e. The monoisotopic (exact) mass is 110 g/mol. The van der Waals surface area contributed by atoms with Crippen LogP contribution < -0.4 is 29.6 Å². The fraction of sp³-hybridized carbons (Fsp3) is 0.800. The smallest absolute Gasteiger partial charge is 1.00 e. The minimum Gasteiger partial charge on any atom is -1.00 e. The Kier molecular flexibility index (Phi) is 14.9. The molecule has 0 fully saturated rings. The first-order valence-electron chi connectivity index (χ1n) is 2.35. The van der Waals surface area contributed by atoms with Gasteiger partial charge in [0, 0.05) is 6.42 Å². The third-order valence-corrected chi connectivity index (χ3v) is 0.676. The number of rotatable bonds is 3. The quantitative estimate of drug-likeness (QED) is 0.245. The van der Waals surface area contributed by atoms with Crippen LogP contribution in [0.4, 0.5) is 0 Å². The molecule has 0 spiro atoms. The van der Waals surface area contributed by atoms with Gasteiger partial charge in [-0.2, -0.15) is 0 Å². The third kappa shape index (κ3) is 10.8. The summed E-state index contributed by atoms with van der Waals surface area (Å²) in [5, 5.41) is 0. The van der Waals surface area contributed by atoms with E-state index in [1.54, 1.807) is 0 Å². The molecule has 0 N–H and O–H groups in total. The zero-order valence-corrected chi connectivity index (χ0v) is 7.11. The van der Waals surface area contributed by atoms with E-state index < -0.39 is 0 Å². The molecule has 0 aromatic rings. The predicted molar refractivity (Wildman–Crippen MR) is 26.7 cm³/mol. The molecule has 7 heavy (non-hydrogen) atoms. The molecular weight excluding hydrogens is 99.0 g/mol. The predicted octanol–water partition coefficient (Wildman–Crippen LogP) is -1.51. The average Bonchev–Trinajstić information content (AvgIpc) is 1.61. The minimum absolute atomic E-state index is 0. The van der Waals surface area contributed by atoms with Gasteiger partial charge in [-0.15, -0.1) is 0 Å². The summed E-state index contributed by atoms with van der Waals surface area (Å²) >= 11 is 0. The van der Waals surface area contributed by atoms with Crippen LogP contribution in [0.25, 0.3) is 0 Å². The molecule has 0 aromatic carbocycles. The van der Waals surface area contributed by atoms with Crippen molar-refractivity contribution in [3.63, 3.8) is 0 Å². The first-order valence-corrected chi connectivity index (χ1v) is 2.35. The topological polar surface area (TPSA) is 17.1 Å². The SMILES string of the molecule is CCCCC=O.[H-].[Na+]. The van der Waals surface area contributed by atoms with Crippen molar-refractivity contribution in [2.24, 2.45) is 0 Å². The summed E-state index contributed by atoms with van der Waals surface area (Å²) in [5.74, 6) is 0. The van der Waals surface area contributed by atoms with Gasteiger partial charge in [-0.05, 0) is 6.42 Å². The van der Waals surface area contributed by atoms with Crippen LogP contribution in [0.1, 0.15) is 27.6 Å². The summed E-state index contributed by atoms with van der Waals surface area (Å²) in [6, 6.07) is 0. The maximum atomic E-state index is 9.56. The molecule has 1 nitrogen and oxygen atoms in total. The second-order valence-corrected chi connectivity index (χ2v) is 1.31. The van der Waals surface area contributed by atoms with E-state index in [0.29, 0.717) is 0 Å². The van der Waals surface area contributed by atoms with Gasteiger partial charge in [0.25, 0.3) is 0 Å². The van der Waals surface area contributed by atoms with Gasteiger partial charge < -0.3 is 6.22 Å². The Morgan fingerprint density at radius 1 is 1.71 bits per heavy atom. The van der Waals surface area contributed by atoms with E-state index in [1.807, 2.05) is 0 Å². The zero-order chi connectivity index (χ0) is 4.83. The Labute approximate surface area is 68.3 Å². The van der Waals surface area contributed by atoms with Crippen LogP contribution in [-0.4, -0.2) is 6.29 Å². The van der Waals surface area contributed by atoms with Crippen LogP contribution in [0.15, 0.2) is 0 Å². The van der Waals surface area contributed by atoms with Gasteiger partial charge in [-0.3, -0.25) is 0 Å². The molecule has 0 bridgehead atoms. The van der Waals surface area contributed by atoms with Gasteiger partial charge in [0.1, 0.15) is 6.29 Å². The van der Waals surface area contributed by atoms with Crippen molar-refractivity contribution >= 4 is 6.29 Å². The van der Waals surface area contributed by atoms with E-state index in [1.165, 1.54) is 0 Å². The summed E-state index contributed by atoms with van der Waals surface area (Å²) in [4.78, 5) is 9.56. The van der Waals surface area contributed by atoms with Gasteiger partial charge in [0.05, 0.1) is 0 Å². The fourth-order valence-corrected chi connectivity index (χ4v) is 0.287. The van der Waals surface area contributed by atoms with Crippen LogP contribution in [0.2, 0.25) is 0 Å². The zero-order valence-electron chi connectivity index (χ0n) is 6.11. The second kappa shape index (κ2) is 9.83. The van der Waals surface area contributed by atoms with Gasteiger partial charge in [0.2, 0.25) is 0 Å². The Bertz CT molecular complexity index is 41.4. The van der Waals surface area contributed by atoms with E-state index in [2.05, 4.69) is 6.92 Å². The molecule has 38 valence electrons. The molecule has 0 rings (SSSR count). The largest absolute Gasteiger partial charge is 1.00 e. The van der Waals surface area contributed by atoms with E-state index in [0.717, 1.165) is 25.5 Å². The van der Waals surface area contributed by atoms with E-state index in [9.17, 15) is 4.79 Å². The van der Waals surface area contributed by atoms with E-state index in [-0.39, 0.29) is 31.0 Å². The van der Waals surface area contributed by atoms with Gasteiger partial charge in [0.15, 0.2) is 0 Å². The van der Waals surface area contributed by atoms with Crippen molar-refractivity contribution < 1.29 is 35.8 Å². The van der Waals surface area contributed by atoms with Crippen LogP contribution in [0.3, 0.4) is 0 Å². The normalized spacial score (nSPS) is 7.00. The first-order chi connectivity index (χ1) is 2.91. The van der Waals surface area contributed by atoms with Crippen molar-refractivity contribution in [1.82, 2.24) is 0 Å². The van der Waals surface area contributed by atoms with Crippen molar-refractivity contribution in [2.75, 3.05) is 0 Å². The van der Waals surface area contributed by atoms with Crippen molar-refractivity contribution in [2.45, 2.75) is 26.2 Å². The maximum absolute atomic E-state index is 9.56. The van der Waals surface area contributed by atoms with Crippen LogP contribution in [0.5, 0.6) is 0 Å². The Morgan fingerprint density at radius 3 is 2.43 bits per heavy atom. The number of aldehydes is 1. The molecule has 0 saturated heterocycles. The molecule has 0 amide bonds. The van der Waals surface area contributed by atoms with Crippen molar-refractivity contribution in [3.05, 3.63) is 0 Å². The summed E-state index contributed by atoms with van der Waals surface area (Å²) in [5.41, 5.74) is 0. The summed E-state index contributed by atoms with van der Waals surface area (Å²) in [6.45, 7) is 2.07. The van der Waals surface area contributed by atoms with Gasteiger partial charge in [-0.1, -0.05) is 13.3 Å². The molecule has 0 atom stereocenters. The van der Waals surface area contributed by atoms with Crippen LogP contribution in [-0.2, 0) is 4.79 Å². The first kappa shape index (κ1) is 10.6. The Balaban J connectivity index is -0.000000125. The van der Waals surface area contributed by atoms with Crippen molar-refractivity contribution in [1.29, 1.82) is 0 Å². The Hall–Kier alpha value is 0.670. The number of unbranched alkanes of at least 4 members (excludes halogenated alkanes) is 2. The van der Waals surface area contributed by atoms with Gasteiger partial charge in [-0.25, -0.2) is 0 Å². The molecule has 0 aromatic heterocycles. The molecular formula is C5H11NaO. The molecule has 0 saturated carbocycles. The van der Waals surface area contributed by atoms with Crippen molar-refractivity contribution in [3.8, 4) is 0 Å². The Morgan fingerprint density at radius 2 is 2.29 bits per heavy atom. The molecule has 0 aliphatic carbocycles. The molecule has 2 heteroatoms. The third-order valence-electron chi connectivity index (χ3n) is 0.676. The summed E-state index contributed by atoms with van der Waals surface area (Å²) in [6.07, 6.45) is 3.86. The molecule has 0 radical (unpaired) electrons. The number of hydrogen-bond donors (Lipinski definition) is 0. The second-order valence-electron chi connectivity index (χ2n) is 1.31. The minimum atomic E-state index is 0. The molecule has 0 aliphatic rings. The number of carbonyl (C=O) groups is 1. The summed E-state index contributed by atoms with van der Waals surface area (Å²) < 4.78 is 0. The standard InChI is InChI=1S/C5H10O.Na.H/c1-2-3-4-5-6;;/h5H,2-4H2,1H3;;/q;+1;-1. The average molecular weight is 110 g/mol. The molecule has 0 heterocycles. The van der Waals surface area contributed by atoms with E-state index in [4.69, 9.17) is 0 Å². The molecule has 0 aliphatic heterocycles. The molecule has 0 unspecified atom stereocenters. The number of carbonyl (C=O) groups excluding carboxylic acids is 1. The summed E-state index contributed by atoms with van der Waals surface area (Å²) in [7, 11) is 0. The van der Waals surface area contributed by atoms with Crippen LogP contribution in [0, 0.1) is 0 Å². The van der Waals surface area contributed by atoms with E-state index >= 15 is 0 Å². The van der Waals surface area contributed by atoms with Crippen LogP contribution >= 0.6 is 0 Å². The van der Waals surface area contributed by atoms with Gasteiger partial charge >= 0.3 is 29.6 Å². The number of hydrogen-bond acceptors (Lipinski definition) is 1. The fourth-order valence-electron chi connectivity index (χ4n) is 0.287.